The fourth-order valence-corrected chi connectivity index (χ4v) is 1.83. The molecule has 0 bridgehead atoms. The summed E-state index contributed by atoms with van der Waals surface area (Å²) in [4.78, 5) is 2.08. The predicted molar refractivity (Wildman–Crippen MR) is 50.6 cm³/mol. The normalized spacial score (nSPS) is 28.4. The minimum absolute atomic E-state index is 0.165. The summed E-state index contributed by atoms with van der Waals surface area (Å²) in [7, 11) is 0. The molecule has 2 heterocycles. The molecular formula is C10H15NO3. The molecule has 0 radical (unpaired) electrons. The molecule has 0 spiro atoms. The van der Waals surface area contributed by atoms with Gasteiger partial charge < -0.3 is 14.6 Å². The monoisotopic (exact) mass is 197 g/mol. The van der Waals surface area contributed by atoms with Gasteiger partial charge in [0.05, 0.1) is 19.4 Å². The molecule has 4 nitrogen and oxygen atoms in total. The maximum Gasteiger partial charge on any atom is 0.117 e. The van der Waals surface area contributed by atoms with Crippen LogP contribution < -0.4 is 0 Å². The van der Waals surface area contributed by atoms with Gasteiger partial charge in [-0.15, -0.1) is 0 Å². The number of hydrogen-bond donors (Lipinski definition) is 2. The molecule has 0 amide bonds. The van der Waals surface area contributed by atoms with E-state index in [1.165, 1.54) is 0 Å². The van der Waals surface area contributed by atoms with Crippen molar-refractivity contribution in [3.05, 3.63) is 24.2 Å². The third-order valence-corrected chi connectivity index (χ3v) is 2.67. The average molecular weight is 197 g/mol. The fourth-order valence-electron chi connectivity index (χ4n) is 1.83. The second kappa shape index (κ2) is 3.73. The van der Waals surface area contributed by atoms with Crippen LogP contribution in [-0.4, -0.2) is 40.4 Å². The highest BCUT2D eigenvalue weighted by atomic mass is 16.3. The maximum atomic E-state index is 9.78. The first-order chi connectivity index (χ1) is 6.72. The number of aliphatic hydroxyl groups is 2. The first-order valence-corrected chi connectivity index (χ1v) is 4.80. The van der Waals surface area contributed by atoms with E-state index in [1.54, 1.807) is 6.26 Å². The highest BCUT2D eigenvalue weighted by Gasteiger charge is 2.35. The predicted octanol–water partition coefficient (Wildman–Crippen LogP) is 0.209. The molecule has 0 aliphatic carbocycles. The maximum absolute atomic E-state index is 9.78. The molecule has 1 unspecified atom stereocenters. The second-order valence-corrected chi connectivity index (χ2v) is 3.92. The molecule has 1 saturated heterocycles. The Morgan fingerprint density at radius 2 is 2.43 bits per heavy atom. The van der Waals surface area contributed by atoms with Crippen molar-refractivity contribution in [1.29, 1.82) is 0 Å². The minimum Gasteiger partial charge on any atom is -0.468 e. The van der Waals surface area contributed by atoms with Gasteiger partial charge in [0.2, 0.25) is 0 Å². The highest BCUT2D eigenvalue weighted by Crippen LogP contribution is 2.22. The van der Waals surface area contributed by atoms with E-state index in [0.29, 0.717) is 19.5 Å². The molecule has 1 fully saturated rings. The van der Waals surface area contributed by atoms with Crippen molar-refractivity contribution in [2.24, 2.45) is 0 Å². The number of nitrogens with zero attached hydrogens (tertiary/aromatic N) is 1. The minimum atomic E-state index is -0.910. The molecule has 1 aliphatic heterocycles. The molecule has 0 saturated carbocycles. The van der Waals surface area contributed by atoms with Crippen LogP contribution in [0.5, 0.6) is 0 Å². The van der Waals surface area contributed by atoms with Gasteiger partial charge in [0.25, 0.3) is 0 Å². The number of β-amino-alcohol motifs (C(OH)–C–C–N with tert-alkyl or cyclic N) is 1. The van der Waals surface area contributed by atoms with Crippen molar-refractivity contribution in [2.75, 3.05) is 19.7 Å². The fraction of sp³-hybridized carbons (Fsp3) is 0.600. The van der Waals surface area contributed by atoms with Crippen LogP contribution in [0.1, 0.15) is 12.2 Å². The first kappa shape index (κ1) is 9.71. The largest absolute Gasteiger partial charge is 0.468 e. The van der Waals surface area contributed by atoms with Crippen molar-refractivity contribution < 1.29 is 14.6 Å². The zero-order chi connectivity index (χ0) is 10.0. The lowest BCUT2D eigenvalue weighted by molar-refractivity contribution is -0.00617. The lowest BCUT2D eigenvalue weighted by atomic mass is 10.1. The van der Waals surface area contributed by atoms with Crippen molar-refractivity contribution in [1.82, 2.24) is 4.90 Å². The summed E-state index contributed by atoms with van der Waals surface area (Å²) in [6.45, 7) is 1.86. The quantitative estimate of drug-likeness (QED) is 0.727. The smallest absolute Gasteiger partial charge is 0.117 e. The molecule has 78 valence electrons. The SMILES string of the molecule is OCC1(O)CCN(Cc2ccco2)C1. The van der Waals surface area contributed by atoms with E-state index >= 15 is 0 Å². The van der Waals surface area contributed by atoms with Crippen LogP contribution in [0.2, 0.25) is 0 Å². The lowest BCUT2D eigenvalue weighted by Crippen LogP contribution is -2.36. The highest BCUT2D eigenvalue weighted by molar-refractivity contribution is 5.00. The summed E-state index contributed by atoms with van der Waals surface area (Å²) >= 11 is 0. The Bertz CT molecular complexity index is 286. The van der Waals surface area contributed by atoms with Gasteiger partial charge in [0.1, 0.15) is 11.4 Å². The van der Waals surface area contributed by atoms with E-state index in [1.807, 2.05) is 12.1 Å². The molecule has 1 aliphatic rings. The van der Waals surface area contributed by atoms with Gasteiger partial charge in [-0.25, -0.2) is 0 Å². The van der Waals surface area contributed by atoms with E-state index in [9.17, 15) is 5.11 Å². The van der Waals surface area contributed by atoms with Crippen molar-refractivity contribution in [2.45, 2.75) is 18.6 Å². The lowest BCUT2D eigenvalue weighted by Gasteiger charge is -2.20. The van der Waals surface area contributed by atoms with Crippen molar-refractivity contribution in [3.8, 4) is 0 Å². The van der Waals surface area contributed by atoms with Gasteiger partial charge in [0, 0.05) is 13.1 Å². The molecule has 1 aromatic rings. The number of hydrogen-bond acceptors (Lipinski definition) is 4. The van der Waals surface area contributed by atoms with E-state index in [-0.39, 0.29) is 6.61 Å². The van der Waals surface area contributed by atoms with Crippen LogP contribution in [-0.2, 0) is 6.54 Å². The van der Waals surface area contributed by atoms with E-state index in [2.05, 4.69) is 4.90 Å². The second-order valence-electron chi connectivity index (χ2n) is 3.92. The van der Waals surface area contributed by atoms with Crippen LogP contribution in [0.3, 0.4) is 0 Å². The Morgan fingerprint density at radius 3 is 3.00 bits per heavy atom. The third kappa shape index (κ3) is 1.97. The summed E-state index contributed by atoms with van der Waals surface area (Å²) < 4.78 is 5.21. The summed E-state index contributed by atoms with van der Waals surface area (Å²) in [5, 5.41) is 18.7. The van der Waals surface area contributed by atoms with Gasteiger partial charge in [0.15, 0.2) is 0 Å². The average Bonchev–Trinajstić information content (AvgIpc) is 2.78. The first-order valence-electron chi connectivity index (χ1n) is 4.80. The van der Waals surface area contributed by atoms with Gasteiger partial charge in [-0.05, 0) is 18.6 Å². The van der Waals surface area contributed by atoms with Gasteiger partial charge in [-0.2, -0.15) is 0 Å². The van der Waals surface area contributed by atoms with Crippen LogP contribution in [0.4, 0.5) is 0 Å². The Balaban J connectivity index is 1.90. The van der Waals surface area contributed by atoms with Gasteiger partial charge >= 0.3 is 0 Å². The van der Waals surface area contributed by atoms with E-state index in [0.717, 1.165) is 12.3 Å². The topological polar surface area (TPSA) is 56.8 Å². The molecule has 14 heavy (non-hydrogen) atoms. The Kier molecular flexibility index (Phi) is 2.58. The molecule has 2 rings (SSSR count). The zero-order valence-electron chi connectivity index (χ0n) is 8.02. The number of rotatable bonds is 3. The number of aliphatic hydroxyl groups excluding tert-OH is 1. The van der Waals surface area contributed by atoms with Crippen LogP contribution >= 0.6 is 0 Å². The summed E-state index contributed by atoms with van der Waals surface area (Å²) in [5.74, 6) is 0.896. The van der Waals surface area contributed by atoms with Gasteiger partial charge in [-0.1, -0.05) is 0 Å². The summed E-state index contributed by atoms with van der Waals surface area (Å²) in [5.41, 5.74) is -0.910. The number of likely N-dealkylation sites (tertiary alicyclic amines) is 1. The number of furan rings is 1. The van der Waals surface area contributed by atoms with Crippen molar-refractivity contribution >= 4 is 0 Å². The molecule has 1 aromatic heterocycles. The van der Waals surface area contributed by atoms with Crippen LogP contribution in [0, 0.1) is 0 Å². The Morgan fingerprint density at radius 1 is 1.57 bits per heavy atom. The standard InChI is InChI=1S/C10H15NO3/c12-8-10(13)3-4-11(7-10)6-9-2-1-5-14-9/h1-2,5,12-13H,3-4,6-8H2. The summed E-state index contributed by atoms with van der Waals surface area (Å²) in [6, 6.07) is 3.76. The molecule has 4 heteroatoms. The Hall–Kier alpha value is -0.840. The van der Waals surface area contributed by atoms with Gasteiger partial charge in [-0.3, -0.25) is 4.90 Å². The third-order valence-electron chi connectivity index (χ3n) is 2.67. The molecular weight excluding hydrogens is 182 g/mol. The molecule has 2 N–H and O–H groups in total. The zero-order valence-corrected chi connectivity index (χ0v) is 8.02. The Labute approximate surface area is 82.8 Å². The summed E-state index contributed by atoms with van der Waals surface area (Å²) in [6.07, 6.45) is 2.27. The van der Waals surface area contributed by atoms with Crippen molar-refractivity contribution in [3.63, 3.8) is 0 Å². The molecule has 0 aromatic carbocycles. The van der Waals surface area contributed by atoms with E-state index in [4.69, 9.17) is 9.52 Å². The van der Waals surface area contributed by atoms with E-state index < -0.39 is 5.60 Å². The van der Waals surface area contributed by atoms with Crippen LogP contribution in [0.25, 0.3) is 0 Å². The molecule has 1 atom stereocenters. The van der Waals surface area contributed by atoms with Crippen LogP contribution in [0.15, 0.2) is 22.8 Å².